The predicted molar refractivity (Wildman–Crippen MR) is 130 cm³/mol. The fraction of sp³-hybridized carbons (Fsp3) is 0.560. The zero-order chi connectivity index (χ0) is 22.9. The van der Waals surface area contributed by atoms with E-state index in [2.05, 4.69) is 44.9 Å². The van der Waals surface area contributed by atoms with Gasteiger partial charge in [0.2, 0.25) is 5.95 Å². The highest BCUT2D eigenvalue weighted by molar-refractivity contribution is 5.86. The third-order valence-electron chi connectivity index (χ3n) is 7.18. The first-order valence-corrected chi connectivity index (χ1v) is 12.2. The molecule has 0 spiro atoms. The van der Waals surface area contributed by atoms with Crippen molar-refractivity contribution >= 4 is 16.9 Å². The van der Waals surface area contributed by atoms with Crippen LogP contribution in [0.25, 0.3) is 22.2 Å². The van der Waals surface area contributed by atoms with Crippen molar-refractivity contribution in [3.63, 3.8) is 0 Å². The van der Waals surface area contributed by atoms with Gasteiger partial charge in [0.05, 0.1) is 11.7 Å². The first kappa shape index (κ1) is 22.2. The van der Waals surface area contributed by atoms with Crippen LogP contribution in [0.5, 0.6) is 0 Å². The van der Waals surface area contributed by atoms with Gasteiger partial charge < -0.3 is 16.0 Å². The number of nitrogens with zero attached hydrogens (tertiary/aromatic N) is 4. The largest absolute Gasteiger partial charge is 0.350 e. The lowest BCUT2D eigenvalue weighted by Crippen LogP contribution is -2.50. The number of rotatable bonds is 5. The van der Waals surface area contributed by atoms with E-state index in [4.69, 9.17) is 0 Å². The average molecular weight is 452 g/mol. The predicted octanol–water partition coefficient (Wildman–Crippen LogP) is 3.82. The normalized spacial score (nSPS) is 22.2. The van der Waals surface area contributed by atoms with E-state index < -0.39 is 5.82 Å². The van der Waals surface area contributed by atoms with E-state index in [1.807, 2.05) is 29.9 Å². The van der Waals surface area contributed by atoms with Gasteiger partial charge in [0, 0.05) is 42.3 Å². The van der Waals surface area contributed by atoms with Gasteiger partial charge in [-0.05, 0) is 62.7 Å². The SMILES string of the molecule is CC(C)c1c2cc(-c3nc(NC4CCC(C5CCNCC5)NC4)ncc3F)ccc2nn1C. The molecule has 2 aliphatic rings. The van der Waals surface area contributed by atoms with Crippen molar-refractivity contribution in [2.24, 2.45) is 13.0 Å². The summed E-state index contributed by atoms with van der Waals surface area (Å²) in [5, 5.41) is 16.2. The van der Waals surface area contributed by atoms with Crippen LogP contribution in [-0.4, -0.2) is 51.5 Å². The van der Waals surface area contributed by atoms with E-state index in [1.165, 1.54) is 19.0 Å². The van der Waals surface area contributed by atoms with Crippen molar-refractivity contribution < 1.29 is 4.39 Å². The molecule has 3 aromatic rings. The maximum atomic E-state index is 14.8. The number of hydrogen-bond acceptors (Lipinski definition) is 6. The standard InChI is InChI=1S/C25H34FN7/c1-15(2)24-19-12-17(4-6-22(19)32-33(24)3)23-20(26)14-29-25(31-23)30-18-5-7-21(28-13-18)16-8-10-27-11-9-16/h4,6,12,14-16,18,21,27-28H,5,7-11,13H2,1-3H3,(H,29,30,31). The molecule has 2 aliphatic heterocycles. The van der Waals surface area contributed by atoms with Gasteiger partial charge in [0.25, 0.3) is 0 Å². The van der Waals surface area contributed by atoms with E-state index in [0.29, 0.717) is 23.6 Å². The molecule has 0 amide bonds. The summed E-state index contributed by atoms with van der Waals surface area (Å²) in [5.41, 5.74) is 3.11. The molecule has 2 saturated heterocycles. The summed E-state index contributed by atoms with van der Waals surface area (Å²) in [5.74, 6) is 1.14. The van der Waals surface area contributed by atoms with E-state index in [1.54, 1.807) is 0 Å². The summed E-state index contributed by atoms with van der Waals surface area (Å²) < 4.78 is 16.7. The summed E-state index contributed by atoms with van der Waals surface area (Å²) in [7, 11) is 1.95. The molecule has 7 nitrogen and oxygen atoms in total. The molecule has 8 heteroatoms. The van der Waals surface area contributed by atoms with Crippen molar-refractivity contribution in [1.82, 2.24) is 30.4 Å². The van der Waals surface area contributed by atoms with Gasteiger partial charge in [-0.2, -0.15) is 5.10 Å². The molecule has 2 unspecified atom stereocenters. The minimum absolute atomic E-state index is 0.245. The number of piperidine rings is 2. The Hall–Kier alpha value is -2.58. The molecule has 2 atom stereocenters. The van der Waals surface area contributed by atoms with Crippen molar-refractivity contribution in [3.8, 4) is 11.3 Å². The Morgan fingerprint density at radius 3 is 2.70 bits per heavy atom. The van der Waals surface area contributed by atoms with Gasteiger partial charge in [-0.3, -0.25) is 4.68 Å². The summed E-state index contributed by atoms with van der Waals surface area (Å²) in [6.45, 7) is 7.42. The molecule has 2 aromatic heterocycles. The first-order valence-electron chi connectivity index (χ1n) is 12.2. The number of hydrogen-bond donors (Lipinski definition) is 3. The molecule has 5 rings (SSSR count). The highest BCUT2D eigenvalue weighted by atomic mass is 19.1. The molecule has 0 bridgehead atoms. The first-order chi connectivity index (χ1) is 16.0. The molecule has 0 saturated carbocycles. The second-order valence-electron chi connectivity index (χ2n) is 9.81. The molecule has 0 aliphatic carbocycles. The fourth-order valence-electron chi connectivity index (χ4n) is 5.52. The minimum atomic E-state index is -0.414. The maximum Gasteiger partial charge on any atom is 0.223 e. The maximum absolute atomic E-state index is 14.8. The number of benzene rings is 1. The Morgan fingerprint density at radius 2 is 1.97 bits per heavy atom. The number of fused-ring (bicyclic) bond motifs is 1. The van der Waals surface area contributed by atoms with E-state index in [-0.39, 0.29) is 6.04 Å². The van der Waals surface area contributed by atoms with Gasteiger partial charge >= 0.3 is 0 Å². The molecular formula is C25H34FN7. The molecule has 33 heavy (non-hydrogen) atoms. The highest BCUT2D eigenvalue weighted by Gasteiger charge is 2.28. The van der Waals surface area contributed by atoms with Crippen molar-refractivity contribution in [1.29, 1.82) is 0 Å². The topological polar surface area (TPSA) is 79.7 Å². The van der Waals surface area contributed by atoms with Crippen LogP contribution >= 0.6 is 0 Å². The van der Waals surface area contributed by atoms with E-state index >= 15 is 0 Å². The minimum Gasteiger partial charge on any atom is -0.350 e. The van der Waals surface area contributed by atoms with Crippen molar-refractivity contribution in [2.75, 3.05) is 25.0 Å². The number of aryl methyl sites for hydroxylation is 1. The lowest BCUT2D eigenvalue weighted by molar-refractivity contribution is 0.236. The quantitative estimate of drug-likeness (QED) is 0.547. The summed E-state index contributed by atoms with van der Waals surface area (Å²) in [4.78, 5) is 8.80. The highest BCUT2D eigenvalue weighted by Crippen LogP contribution is 2.30. The molecule has 3 N–H and O–H groups in total. The van der Waals surface area contributed by atoms with Crippen molar-refractivity contribution in [2.45, 2.75) is 57.5 Å². The van der Waals surface area contributed by atoms with Crippen LogP contribution in [0, 0.1) is 11.7 Å². The summed E-state index contributed by atoms with van der Waals surface area (Å²) in [6, 6.07) is 6.67. The zero-order valence-electron chi connectivity index (χ0n) is 19.7. The third kappa shape index (κ3) is 4.59. The Balaban J connectivity index is 1.32. The Morgan fingerprint density at radius 1 is 1.15 bits per heavy atom. The Labute approximate surface area is 194 Å². The van der Waals surface area contributed by atoms with Gasteiger partial charge in [-0.25, -0.2) is 14.4 Å². The fourth-order valence-corrected chi connectivity index (χ4v) is 5.52. The monoisotopic (exact) mass is 451 g/mol. The molecule has 176 valence electrons. The van der Waals surface area contributed by atoms with Crippen LogP contribution in [0.1, 0.15) is 51.1 Å². The zero-order valence-corrected chi connectivity index (χ0v) is 19.7. The second kappa shape index (κ2) is 9.35. The molecule has 1 aromatic carbocycles. The smallest absolute Gasteiger partial charge is 0.223 e. The number of halogens is 1. The molecule has 2 fully saturated rings. The number of nitrogens with one attached hydrogen (secondary N) is 3. The number of aromatic nitrogens is 4. The van der Waals surface area contributed by atoms with E-state index in [0.717, 1.165) is 60.6 Å². The van der Waals surface area contributed by atoms with Crippen LogP contribution in [0.4, 0.5) is 10.3 Å². The lowest BCUT2D eigenvalue weighted by atomic mass is 9.84. The van der Waals surface area contributed by atoms with Crippen LogP contribution in [-0.2, 0) is 7.05 Å². The average Bonchev–Trinajstić information content (AvgIpc) is 3.16. The van der Waals surface area contributed by atoms with E-state index in [9.17, 15) is 4.39 Å². The van der Waals surface area contributed by atoms with Gasteiger partial charge in [-0.1, -0.05) is 19.9 Å². The van der Waals surface area contributed by atoms with Gasteiger partial charge in [-0.15, -0.1) is 0 Å². The molecule has 0 radical (unpaired) electrons. The Kier molecular flexibility index (Phi) is 6.29. The third-order valence-corrected chi connectivity index (χ3v) is 7.18. The molecular weight excluding hydrogens is 417 g/mol. The Bertz CT molecular complexity index is 1110. The summed E-state index contributed by atoms with van der Waals surface area (Å²) in [6.07, 6.45) is 5.98. The molecule has 4 heterocycles. The van der Waals surface area contributed by atoms with Crippen LogP contribution in [0.15, 0.2) is 24.4 Å². The van der Waals surface area contributed by atoms with Gasteiger partial charge in [0.15, 0.2) is 5.82 Å². The summed E-state index contributed by atoms with van der Waals surface area (Å²) >= 11 is 0. The second-order valence-corrected chi connectivity index (χ2v) is 9.81. The van der Waals surface area contributed by atoms with Gasteiger partial charge in [0.1, 0.15) is 5.69 Å². The van der Waals surface area contributed by atoms with Crippen LogP contribution < -0.4 is 16.0 Å². The van der Waals surface area contributed by atoms with Crippen LogP contribution in [0.2, 0.25) is 0 Å². The van der Waals surface area contributed by atoms with Crippen LogP contribution in [0.3, 0.4) is 0 Å². The number of anilines is 1. The van der Waals surface area contributed by atoms with Crippen molar-refractivity contribution in [3.05, 3.63) is 35.9 Å². The lowest BCUT2D eigenvalue weighted by Gasteiger charge is -2.37.